The Balaban J connectivity index is 2.28. The molecule has 1 N–H and O–H groups in total. The molecule has 2 aromatic carbocycles. The molecule has 0 saturated carbocycles. The molecule has 0 bridgehead atoms. The molecule has 0 aliphatic rings. The van der Waals surface area contributed by atoms with Gasteiger partial charge in [0, 0.05) is 8.04 Å². The lowest BCUT2D eigenvalue weighted by Crippen LogP contribution is -2.13. The number of nitrogens with one attached hydrogen (secondary N) is 1. The molecule has 0 spiro atoms. The summed E-state index contributed by atoms with van der Waals surface area (Å²) in [5, 5.41) is 3.06. The van der Waals surface area contributed by atoms with Crippen LogP contribution >= 0.6 is 50.1 Å². The summed E-state index contributed by atoms with van der Waals surface area (Å²) in [4.78, 5) is 12.1. The zero-order chi connectivity index (χ0) is 14.0. The molecule has 0 radical (unpaired) electrons. The van der Waals surface area contributed by atoms with Gasteiger partial charge < -0.3 is 5.32 Å². The molecular weight excluding hydrogens is 447 g/mol. The summed E-state index contributed by atoms with van der Waals surface area (Å²) in [6.45, 7) is 0. The minimum absolute atomic E-state index is 0.337. The topological polar surface area (TPSA) is 29.1 Å². The molecule has 6 heteroatoms. The molecule has 0 saturated heterocycles. The Kier molecular flexibility index (Phi) is 4.81. The highest BCUT2D eigenvalue weighted by atomic mass is 127. The van der Waals surface area contributed by atoms with Crippen LogP contribution in [0.1, 0.15) is 10.4 Å². The Morgan fingerprint density at radius 1 is 1.26 bits per heavy atom. The van der Waals surface area contributed by atoms with E-state index in [1.165, 1.54) is 18.2 Å². The number of hydrogen-bond acceptors (Lipinski definition) is 1. The summed E-state index contributed by atoms with van der Waals surface area (Å²) >= 11 is 11.2. The minimum Gasteiger partial charge on any atom is -0.321 e. The van der Waals surface area contributed by atoms with E-state index in [0.717, 1.165) is 4.47 Å². The highest BCUT2D eigenvalue weighted by Crippen LogP contribution is 2.24. The van der Waals surface area contributed by atoms with E-state index in [0.29, 0.717) is 19.8 Å². The van der Waals surface area contributed by atoms with Crippen LogP contribution in [0.15, 0.2) is 40.9 Å². The summed E-state index contributed by atoms with van der Waals surface area (Å²) < 4.78 is 14.4. The maximum absolute atomic E-state index is 13.0. The largest absolute Gasteiger partial charge is 0.321 e. The van der Waals surface area contributed by atoms with Crippen molar-refractivity contribution in [2.45, 2.75) is 0 Å². The Bertz CT molecular complexity index is 651. The highest BCUT2D eigenvalue weighted by molar-refractivity contribution is 14.1. The van der Waals surface area contributed by atoms with Crippen molar-refractivity contribution in [1.29, 1.82) is 0 Å². The van der Waals surface area contributed by atoms with E-state index in [2.05, 4.69) is 21.2 Å². The van der Waals surface area contributed by atoms with Crippen LogP contribution in [0.5, 0.6) is 0 Å². The van der Waals surface area contributed by atoms with Gasteiger partial charge in [0.25, 0.3) is 5.91 Å². The van der Waals surface area contributed by atoms with Crippen LogP contribution in [-0.4, -0.2) is 5.91 Å². The lowest BCUT2D eigenvalue weighted by atomic mass is 10.2. The summed E-state index contributed by atoms with van der Waals surface area (Å²) in [7, 11) is 0. The standard InChI is InChI=1S/C13H7BrClFINO/c14-7-1-3-10(15)9(5-7)13(19)18-12-4-2-8(16)6-11(12)17/h1-6H,(H,18,19). The first-order chi connectivity index (χ1) is 8.97. The van der Waals surface area contributed by atoms with E-state index in [9.17, 15) is 9.18 Å². The van der Waals surface area contributed by atoms with Crippen LogP contribution in [-0.2, 0) is 0 Å². The third-order valence-electron chi connectivity index (χ3n) is 2.35. The molecule has 0 unspecified atom stereocenters. The van der Waals surface area contributed by atoms with Gasteiger partial charge in [0.05, 0.1) is 16.3 Å². The number of carbonyl (C=O) groups excluding carboxylic acids is 1. The fourth-order valence-corrected chi connectivity index (χ4v) is 2.63. The monoisotopic (exact) mass is 453 g/mol. The highest BCUT2D eigenvalue weighted by Gasteiger charge is 2.12. The second-order valence-electron chi connectivity index (χ2n) is 3.70. The molecule has 98 valence electrons. The number of anilines is 1. The average Bonchev–Trinajstić information content (AvgIpc) is 2.35. The predicted molar refractivity (Wildman–Crippen MR) is 86.2 cm³/mol. The predicted octanol–water partition coefficient (Wildman–Crippen LogP) is 5.10. The molecule has 0 atom stereocenters. The van der Waals surface area contributed by atoms with Gasteiger partial charge in [-0.1, -0.05) is 27.5 Å². The summed E-state index contributed by atoms with van der Waals surface area (Å²) in [6, 6.07) is 9.17. The molecule has 2 aromatic rings. The molecule has 0 aliphatic heterocycles. The van der Waals surface area contributed by atoms with Gasteiger partial charge >= 0.3 is 0 Å². The van der Waals surface area contributed by atoms with E-state index in [-0.39, 0.29) is 11.7 Å². The maximum Gasteiger partial charge on any atom is 0.257 e. The van der Waals surface area contributed by atoms with Crippen molar-refractivity contribution in [3.05, 3.63) is 60.8 Å². The molecular formula is C13H7BrClFINO. The van der Waals surface area contributed by atoms with Gasteiger partial charge in [-0.15, -0.1) is 0 Å². The Labute approximate surface area is 136 Å². The lowest BCUT2D eigenvalue weighted by Gasteiger charge is -2.09. The fourth-order valence-electron chi connectivity index (χ4n) is 1.45. The third kappa shape index (κ3) is 3.67. The zero-order valence-corrected chi connectivity index (χ0v) is 13.9. The van der Waals surface area contributed by atoms with Crippen molar-refractivity contribution in [2.24, 2.45) is 0 Å². The first-order valence-electron chi connectivity index (χ1n) is 5.19. The molecule has 2 nitrogen and oxygen atoms in total. The van der Waals surface area contributed by atoms with Crippen molar-refractivity contribution >= 4 is 61.7 Å². The van der Waals surface area contributed by atoms with Gasteiger partial charge in [-0.05, 0) is 59.0 Å². The molecule has 0 heterocycles. The van der Waals surface area contributed by atoms with Crippen LogP contribution in [0.25, 0.3) is 0 Å². The number of hydrogen-bond donors (Lipinski definition) is 1. The average molecular weight is 454 g/mol. The van der Waals surface area contributed by atoms with Gasteiger partial charge in [-0.3, -0.25) is 4.79 Å². The first-order valence-corrected chi connectivity index (χ1v) is 7.44. The first kappa shape index (κ1) is 14.7. The maximum atomic E-state index is 13.0. The number of rotatable bonds is 2. The second-order valence-corrected chi connectivity index (χ2v) is 6.19. The molecule has 0 aliphatic carbocycles. The van der Waals surface area contributed by atoms with Crippen molar-refractivity contribution < 1.29 is 9.18 Å². The van der Waals surface area contributed by atoms with Crippen LogP contribution in [0.3, 0.4) is 0 Å². The van der Waals surface area contributed by atoms with E-state index in [1.807, 2.05) is 22.6 Å². The Morgan fingerprint density at radius 2 is 2.00 bits per heavy atom. The minimum atomic E-state index is -0.345. The van der Waals surface area contributed by atoms with Crippen molar-refractivity contribution in [3.8, 4) is 0 Å². The normalized spacial score (nSPS) is 10.3. The molecule has 0 fully saturated rings. The van der Waals surface area contributed by atoms with Gasteiger partial charge in [0.15, 0.2) is 0 Å². The van der Waals surface area contributed by atoms with Crippen LogP contribution in [0, 0.1) is 9.39 Å². The van der Waals surface area contributed by atoms with E-state index >= 15 is 0 Å². The van der Waals surface area contributed by atoms with Gasteiger partial charge in [-0.2, -0.15) is 0 Å². The number of benzene rings is 2. The smallest absolute Gasteiger partial charge is 0.257 e. The fraction of sp³-hybridized carbons (Fsp3) is 0. The Morgan fingerprint density at radius 3 is 2.68 bits per heavy atom. The van der Waals surface area contributed by atoms with Crippen molar-refractivity contribution in [1.82, 2.24) is 0 Å². The summed E-state index contributed by atoms with van der Waals surface area (Å²) in [6.07, 6.45) is 0. The van der Waals surface area contributed by atoms with E-state index < -0.39 is 0 Å². The summed E-state index contributed by atoms with van der Waals surface area (Å²) in [5.41, 5.74) is 0.902. The van der Waals surface area contributed by atoms with Crippen LogP contribution < -0.4 is 5.32 Å². The van der Waals surface area contributed by atoms with Crippen molar-refractivity contribution in [2.75, 3.05) is 5.32 Å². The number of carbonyl (C=O) groups is 1. The van der Waals surface area contributed by atoms with E-state index in [1.54, 1.807) is 18.2 Å². The number of halogens is 4. The van der Waals surface area contributed by atoms with Crippen LogP contribution in [0.4, 0.5) is 10.1 Å². The molecule has 19 heavy (non-hydrogen) atoms. The third-order valence-corrected chi connectivity index (χ3v) is 4.07. The van der Waals surface area contributed by atoms with Gasteiger partial charge in [-0.25, -0.2) is 4.39 Å². The Hall–Kier alpha value is -0.660. The molecule has 0 aromatic heterocycles. The van der Waals surface area contributed by atoms with Gasteiger partial charge in [0.2, 0.25) is 0 Å². The van der Waals surface area contributed by atoms with Crippen LogP contribution in [0.2, 0.25) is 5.02 Å². The van der Waals surface area contributed by atoms with Gasteiger partial charge in [0.1, 0.15) is 5.82 Å². The molecule has 1 amide bonds. The quantitative estimate of drug-likeness (QED) is 0.629. The second kappa shape index (κ2) is 6.19. The SMILES string of the molecule is O=C(Nc1ccc(F)cc1I)c1cc(Br)ccc1Cl. The lowest BCUT2D eigenvalue weighted by molar-refractivity contribution is 0.102. The van der Waals surface area contributed by atoms with Crippen molar-refractivity contribution in [3.63, 3.8) is 0 Å². The molecule has 2 rings (SSSR count). The number of amides is 1. The van der Waals surface area contributed by atoms with E-state index in [4.69, 9.17) is 11.6 Å². The summed E-state index contributed by atoms with van der Waals surface area (Å²) in [5.74, 6) is -0.682. The zero-order valence-electron chi connectivity index (χ0n) is 9.38.